The van der Waals surface area contributed by atoms with E-state index >= 15 is 0 Å². The summed E-state index contributed by atoms with van der Waals surface area (Å²) in [6.45, 7) is 2.33. The average molecular weight is 374 g/mol. The number of carbonyl (C=O) groups is 1. The highest BCUT2D eigenvalue weighted by molar-refractivity contribution is 6.04. The number of halogens is 4. The Hall–Kier alpha value is -2.28. The molecule has 0 bridgehead atoms. The molecule has 8 heteroatoms. The highest BCUT2D eigenvalue weighted by Gasteiger charge is 2.31. The van der Waals surface area contributed by atoms with Crippen LogP contribution in [0.2, 0.25) is 0 Å². The second-order valence-corrected chi connectivity index (χ2v) is 5.11. The molecule has 0 saturated carbocycles. The van der Waals surface area contributed by atoms with Crippen molar-refractivity contribution in [3.05, 3.63) is 53.9 Å². The van der Waals surface area contributed by atoms with Crippen LogP contribution in [0.3, 0.4) is 0 Å². The van der Waals surface area contributed by atoms with Crippen molar-refractivity contribution in [2.45, 2.75) is 25.9 Å². The lowest BCUT2D eigenvalue weighted by molar-refractivity contribution is -0.137. The van der Waals surface area contributed by atoms with Gasteiger partial charge in [0.2, 0.25) is 0 Å². The molecule has 0 aliphatic rings. The Bertz CT molecular complexity index is 694. The molecule has 4 nitrogen and oxygen atoms in total. The number of nitrogens with zero attached hydrogens (tertiary/aromatic N) is 1. The third kappa shape index (κ3) is 5.94. The molecule has 25 heavy (non-hydrogen) atoms. The molecular formula is C17H17ClF3N2O2-. The zero-order valence-corrected chi connectivity index (χ0v) is 14.2. The van der Waals surface area contributed by atoms with Crippen LogP contribution in [0.5, 0.6) is 5.75 Å². The third-order valence-electron chi connectivity index (χ3n) is 3.23. The maximum absolute atomic E-state index is 12.9. The van der Waals surface area contributed by atoms with Crippen LogP contribution in [0, 0.1) is 0 Å². The maximum atomic E-state index is 12.9. The fourth-order valence-electron chi connectivity index (χ4n) is 1.95. The SMILES string of the molecule is CCCCOc1ccc(C(F)(F)F)cc1NC(=O)c1cccnc1.[Cl-]. The van der Waals surface area contributed by atoms with Gasteiger partial charge < -0.3 is 22.5 Å². The van der Waals surface area contributed by atoms with Gasteiger partial charge in [-0.2, -0.15) is 13.2 Å². The average Bonchev–Trinajstić information content (AvgIpc) is 2.56. The van der Waals surface area contributed by atoms with E-state index in [4.69, 9.17) is 4.74 Å². The second-order valence-electron chi connectivity index (χ2n) is 5.11. The van der Waals surface area contributed by atoms with Gasteiger partial charge in [0.05, 0.1) is 23.4 Å². The number of amides is 1. The van der Waals surface area contributed by atoms with Crippen LogP contribution in [-0.4, -0.2) is 17.5 Å². The number of unbranched alkanes of at least 4 members (excludes halogenated alkanes) is 1. The van der Waals surface area contributed by atoms with E-state index in [1.54, 1.807) is 6.07 Å². The maximum Gasteiger partial charge on any atom is 0.416 e. The summed E-state index contributed by atoms with van der Waals surface area (Å²) in [5.41, 5.74) is -0.629. The van der Waals surface area contributed by atoms with E-state index in [0.29, 0.717) is 6.61 Å². The van der Waals surface area contributed by atoms with E-state index in [9.17, 15) is 18.0 Å². The van der Waals surface area contributed by atoms with Crippen LogP contribution in [0.1, 0.15) is 35.7 Å². The summed E-state index contributed by atoms with van der Waals surface area (Å²) < 4.78 is 44.2. The molecule has 0 fully saturated rings. The van der Waals surface area contributed by atoms with Crippen LogP contribution in [0.4, 0.5) is 18.9 Å². The van der Waals surface area contributed by atoms with Crippen LogP contribution in [0.15, 0.2) is 42.7 Å². The molecule has 0 spiro atoms. The number of aromatic nitrogens is 1. The van der Waals surface area contributed by atoms with Gasteiger partial charge in [-0.3, -0.25) is 9.78 Å². The van der Waals surface area contributed by atoms with Crippen LogP contribution < -0.4 is 22.5 Å². The smallest absolute Gasteiger partial charge is 0.416 e. The Labute approximate surface area is 149 Å². The first-order valence-electron chi connectivity index (χ1n) is 7.47. The van der Waals surface area contributed by atoms with Crippen molar-refractivity contribution >= 4 is 11.6 Å². The Morgan fingerprint density at radius 1 is 1.28 bits per heavy atom. The van der Waals surface area contributed by atoms with Crippen LogP contribution in [-0.2, 0) is 6.18 Å². The van der Waals surface area contributed by atoms with Crippen LogP contribution in [0.25, 0.3) is 0 Å². The van der Waals surface area contributed by atoms with Crippen molar-refractivity contribution in [3.8, 4) is 5.75 Å². The second kappa shape index (κ2) is 9.27. The Morgan fingerprint density at radius 2 is 2.04 bits per heavy atom. The van der Waals surface area contributed by atoms with E-state index in [1.807, 2.05) is 6.92 Å². The van der Waals surface area contributed by atoms with E-state index in [1.165, 1.54) is 24.5 Å². The molecule has 0 aliphatic heterocycles. The fourth-order valence-corrected chi connectivity index (χ4v) is 1.95. The monoisotopic (exact) mass is 373 g/mol. The zero-order chi connectivity index (χ0) is 17.6. The zero-order valence-electron chi connectivity index (χ0n) is 13.4. The lowest BCUT2D eigenvalue weighted by atomic mass is 10.1. The number of pyridine rings is 1. The van der Waals surface area contributed by atoms with Crippen molar-refractivity contribution < 1.29 is 35.1 Å². The molecule has 1 amide bonds. The normalized spacial score (nSPS) is 10.7. The Kier molecular flexibility index (Phi) is 7.70. The number of alkyl halides is 3. The molecule has 0 atom stereocenters. The van der Waals surface area contributed by atoms with Gasteiger partial charge in [0.15, 0.2) is 0 Å². The van der Waals surface area contributed by atoms with Gasteiger partial charge in [-0.05, 0) is 36.8 Å². The molecule has 0 radical (unpaired) electrons. The molecule has 0 saturated heterocycles. The first-order chi connectivity index (χ1) is 11.4. The molecule has 1 N–H and O–H groups in total. The standard InChI is InChI=1S/C17H17F3N2O2.ClH/c1-2-3-9-24-15-7-6-13(17(18,19)20)10-14(15)22-16(23)12-5-4-8-21-11-12;/h4-8,10-11H,2-3,9H2,1H3,(H,22,23);1H/p-1. The highest BCUT2D eigenvalue weighted by atomic mass is 35.5. The summed E-state index contributed by atoms with van der Waals surface area (Å²) in [6.07, 6.45) is -0.0222. The number of carbonyl (C=O) groups excluding carboxylic acids is 1. The Morgan fingerprint density at radius 3 is 2.64 bits per heavy atom. The molecule has 1 aromatic carbocycles. The number of ether oxygens (including phenoxy) is 1. The molecular weight excluding hydrogens is 357 g/mol. The van der Waals surface area contributed by atoms with Crippen molar-refractivity contribution in [1.29, 1.82) is 0 Å². The van der Waals surface area contributed by atoms with Gasteiger partial charge in [0, 0.05) is 12.4 Å². The molecule has 0 aliphatic carbocycles. The van der Waals surface area contributed by atoms with Crippen molar-refractivity contribution in [3.63, 3.8) is 0 Å². The lowest BCUT2D eigenvalue weighted by Gasteiger charge is -2.15. The van der Waals surface area contributed by atoms with E-state index in [2.05, 4.69) is 10.3 Å². The lowest BCUT2D eigenvalue weighted by Crippen LogP contribution is -3.00. The predicted molar refractivity (Wildman–Crippen MR) is 84.0 cm³/mol. The third-order valence-corrected chi connectivity index (χ3v) is 3.23. The minimum Gasteiger partial charge on any atom is -1.00 e. The Balaban J connectivity index is 0.00000312. The van der Waals surface area contributed by atoms with Crippen molar-refractivity contribution in [2.24, 2.45) is 0 Å². The summed E-state index contributed by atoms with van der Waals surface area (Å²) in [5, 5.41) is 2.46. The van der Waals surface area contributed by atoms with Gasteiger partial charge >= 0.3 is 6.18 Å². The topological polar surface area (TPSA) is 51.2 Å². The number of hydrogen-bond acceptors (Lipinski definition) is 3. The minimum atomic E-state index is -4.50. The van der Waals surface area contributed by atoms with Gasteiger partial charge in [-0.25, -0.2) is 0 Å². The minimum absolute atomic E-state index is 0. The summed E-state index contributed by atoms with van der Waals surface area (Å²) in [5.74, 6) is -0.351. The summed E-state index contributed by atoms with van der Waals surface area (Å²) in [7, 11) is 0. The van der Waals surface area contributed by atoms with Gasteiger partial charge in [0.25, 0.3) is 5.91 Å². The molecule has 136 valence electrons. The number of anilines is 1. The van der Waals surface area contributed by atoms with E-state index in [-0.39, 0.29) is 29.4 Å². The molecule has 0 unspecified atom stereocenters. The summed E-state index contributed by atoms with van der Waals surface area (Å²) in [4.78, 5) is 16.0. The van der Waals surface area contributed by atoms with Gasteiger partial charge in [0.1, 0.15) is 5.75 Å². The molecule has 1 aromatic heterocycles. The largest absolute Gasteiger partial charge is 1.00 e. The predicted octanol–water partition coefficient (Wildman–Crippen LogP) is 1.54. The van der Waals surface area contributed by atoms with E-state index < -0.39 is 17.6 Å². The number of hydrogen-bond donors (Lipinski definition) is 1. The first-order valence-corrected chi connectivity index (χ1v) is 7.47. The summed E-state index contributed by atoms with van der Waals surface area (Å²) >= 11 is 0. The number of benzene rings is 1. The van der Waals surface area contributed by atoms with Crippen molar-refractivity contribution in [1.82, 2.24) is 4.98 Å². The van der Waals surface area contributed by atoms with Gasteiger partial charge in [-0.15, -0.1) is 0 Å². The summed E-state index contributed by atoms with van der Waals surface area (Å²) in [6, 6.07) is 6.11. The van der Waals surface area contributed by atoms with Crippen molar-refractivity contribution in [2.75, 3.05) is 11.9 Å². The van der Waals surface area contributed by atoms with E-state index in [0.717, 1.165) is 25.0 Å². The number of rotatable bonds is 6. The highest BCUT2D eigenvalue weighted by Crippen LogP contribution is 2.35. The first kappa shape index (κ1) is 20.8. The molecule has 1 heterocycles. The van der Waals surface area contributed by atoms with Gasteiger partial charge in [-0.1, -0.05) is 13.3 Å². The quantitative estimate of drug-likeness (QED) is 0.781. The van der Waals surface area contributed by atoms with Crippen LogP contribution >= 0.6 is 0 Å². The fraction of sp³-hybridized carbons (Fsp3) is 0.294. The molecule has 2 rings (SSSR count). The molecule has 2 aromatic rings. The number of nitrogens with one attached hydrogen (secondary N) is 1.